The first kappa shape index (κ1) is 13.8. The van der Waals surface area contributed by atoms with Crippen LogP contribution in [0.15, 0.2) is 11.6 Å². The van der Waals surface area contributed by atoms with Crippen molar-refractivity contribution in [1.29, 1.82) is 0 Å². The van der Waals surface area contributed by atoms with Crippen molar-refractivity contribution < 1.29 is 14.7 Å². The lowest BCUT2D eigenvalue weighted by atomic mass is 9.46. The molecule has 3 aliphatic carbocycles. The monoisotopic (exact) mass is 276 g/mol. The Hall–Kier alpha value is -1.12. The molecule has 0 saturated heterocycles. The van der Waals surface area contributed by atoms with E-state index in [1.54, 1.807) is 0 Å². The molecule has 1 N–H and O–H groups in total. The van der Waals surface area contributed by atoms with Crippen LogP contribution in [0.3, 0.4) is 0 Å². The fraction of sp³-hybridized carbons (Fsp3) is 0.765. The Morgan fingerprint density at radius 2 is 2.00 bits per heavy atom. The van der Waals surface area contributed by atoms with Crippen LogP contribution in [0.4, 0.5) is 0 Å². The standard InChI is InChI=1S/C17H24O3/c1-16-8-3-9-17(2,15(19)20)14(16)7-4-11-10-12(18)5-6-13(11)16/h10,13-14H,3-9H2,1-2H3,(H,19,20)/t13?,14?,16-,17-/m1/s1. The van der Waals surface area contributed by atoms with E-state index in [-0.39, 0.29) is 17.1 Å². The molecule has 0 heterocycles. The highest BCUT2D eigenvalue weighted by Crippen LogP contribution is 2.62. The fourth-order valence-corrected chi connectivity index (χ4v) is 5.40. The van der Waals surface area contributed by atoms with Gasteiger partial charge in [0, 0.05) is 6.42 Å². The molecular formula is C17H24O3. The predicted octanol–water partition coefficient (Wildman–Crippen LogP) is 3.58. The number of hydrogen-bond donors (Lipinski definition) is 1. The summed E-state index contributed by atoms with van der Waals surface area (Å²) in [6, 6.07) is 0. The zero-order chi connectivity index (χ0) is 14.5. The van der Waals surface area contributed by atoms with E-state index in [4.69, 9.17) is 0 Å². The van der Waals surface area contributed by atoms with Gasteiger partial charge in [0.25, 0.3) is 0 Å². The second kappa shape index (κ2) is 4.44. The maximum absolute atomic E-state index is 11.8. The van der Waals surface area contributed by atoms with E-state index in [9.17, 15) is 14.7 Å². The zero-order valence-corrected chi connectivity index (χ0v) is 12.4. The number of carbonyl (C=O) groups is 2. The minimum atomic E-state index is -0.632. The van der Waals surface area contributed by atoms with E-state index in [1.807, 2.05) is 13.0 Å². The molecule has 2 unspecified atom stereocenters. The van der Waals surface area contributed by atoms with Crippen LogP contribution in [0.2, 0.25) is 0 Å². The Bertz CT molecular complexity index is 492. The topological polar surface area (TPSA) is 54.4 Å². The lowest BCUT2D eigenvalue weighted by Crippen LogP contribution is -2.53. The number of hydrogen-bond acceptors (Lipinski definition) is 2. The molecule has 20 heavy (non-hydrogen) atoms. The summed E-state index contributed by atoms with van der Waals surface area (Å²) in [6.45, 7) is 4.23. The first-order valence-electron chi connectivity index (χ1n) is 7.84. The van der Waals surface area contributed by atoms with Gasteiger partial charge in [-0.1, -0.05) is 18.9 Å². The molecule has 0 aromatic heterocycles. The molecule has 0 amide bonds. The molecule has 110 valence electrons. The summed E-state index contributed by atoms with van der Waals surface area (Å²) < 4.78 is 0. The number of carboxylic acids is 1. The number of fused-ring (bicyclic) bond motifs is 3. The second-order valence-corrected chi connectivity index (χ2v) is 7.45. The summed E-state index contributed by atoms with van der Waals surface area (Å²) in [5, 5.41) is 9.72. The van der Waals surface area contributed by atoms with Crippen LogP contribution >= 0.6 is 0 Å². The molecule has 3 aliphatic rings. The SMILES string of the molecule is C[C@]12CCC[C@@](C)(C(=O)O)C1CCC1=CC(=O)CCC12. The third-order valence-corrected chi connectivity index (χ3v) is 6.46. The number of aliphatic carboxylic acids is 1. The van der Waals surface area contributed by atoms with E-state index in [2.05, 4.69) is 6.92 Å². The van der Waals surface area contributed by atoms with E-state index in [0.717, 1.165) is 38.5 Å². The van der Waals surface area contributed by atoms with Gasteiger partial charge in [-0.05, 0) is 62.4 Å². The van der Waals surface area contributed by atoms with Crippen molar-refractivity contribution >= 4 is 11.8 Å². The fourth-order valence-electron chi connectivity index (χ4n) is 5.40. The predicted molar refractivity (Wildman–Crippen MR) is 76.2 cm³/mol. The lowest BCUT2D eigenvalue weighted by Gasteiger charge is -2.58. The average molecular weight is 276 g/mol. The van der Waals surface area contributed by atoms with E-state index >= 15 is 0 Å². The Labute approximate surface area is 120 Å². The summed E-state index contributed by atoms with van der Waals surface area (Å²) >= 11 is 0. The van der Waals surface area contributed by atoms with E-state index in [0.29, 0.717) is 12.3 Å². The van der Waals surface area contributed by atoms with Crippen LogP contribution in [-0.4, -0.2) is 16.9 Å². The van der Waals surface area contributed by atoms with Crippen molar-refractivity contribution in [3.63, 3.8) is 0 Å². The number of ketones is 1. The van der Waals surface area contributed by atoms with Gasteiger partial charge in [0.2, 0.25) is 0 Å². The second-order valence-electron chi connectivity index (χ2n) is 7.45. The van der Waals surface area contributed by atoms with E-state index in [1.165, 1.54) is 5.57 Å². The highest BCUT2D eigenvalue weighted by molar-refractivity contribution is 5.91. The van der Waals surface area contributed by atoms with Crippen LogP contribution in [0.5, 0.6) is 0 Å². The van der Waals surface area contributed by atoms with Crippen LogP contribution in [0, 0.1) is 22.7 Å². The van der Waals surface area contributed by atoms with Gasteiger partial charge in [0.1, 0.15) is 0 Å². The molecule has 3 nitrogen and oxygen atoms in total. The number of rotatable bonds is 1. The van der Waals surface area contributed by atoms with Crippen molar-refractivity contribution in [2.45, 2.75) is 58.8 Å². The van der Waals surface area contributed by atoms with Crippen molar-refractivity contribution in [2.75, 3.05) is 0 Å². The first-order chi connectivity index (χ1) is 9.38. The van der Waals surface area contributed by atoms with Gasteiger partial charge in [0.15, 0.2) is 5.78 Å². The maximum Gasteiger partial charge on any atom is 0.309 e. The minimum Gasteiger partial charge on any atom is -0.481 e. The summed E-state index contributed by atoms with van der Waals surface area (Å²) in [5.74, 6) is 0.303. The molecule has 3 rings (SSSR count). The van der Waals surface area contributed by atoms with Crippen LogP contribution in [0.1, 0.15) is 58.8 Å². The quantitative estimate of drug-likeness (QED) is 0.796. The molecule has 2 saturated carbocycles. The van der Waals surface area contributed by atoms with Gasteiger partial charge >= 0.3 is 5.97 Å². The summed E-state index contributed by atoms with van der Waals surface area (Å²) in [7, 11) is 0. The third kappa shape index (κ3) is 1.78. The van der Waals surface area contributed by atoms with Crippen molar-refractivity contribution in [3.8, 4) is 0 Å². The van der Waals surface area contributed by atoms with Crippen LogP contribution < -0.4 is 0 Å². The number of allylic oxidation sites excluding steroid dienone is 2. The minimum absolute atomic E-state index is 0.0656. The Kier molecular flexibility index (Phi) is 3.07. The summed E-state index contributed by atoms with van der Waals surface area (Å²) in [6.07, 6.45) is 8.17. The molecule has 3 heteroatoms. The van der Waals surface area contributed by atoms with Gasteiger partial charge in [-0.25, -0.2) is 0 Å². The summed E-state index contributed by atoms with van der Waals surface area (Å²) in [4.78, 5) is 23.5. The zero-order valence-electron chi connectivity index (χ0n) is 12.4. The molecule has 0 aromatic carbocycles. The van der Waals surface area contributed by atoms with Gasteiger partial charge in [-0.3, -0.25) is 9.59 Å². The van der Waals surface area contributed by atoms with Gasteiger partial charge in [-0.2, -0.15) is 0 Å². The maximum atomic E-state index is 11.8. The first-order valence-corrected chi connectivity index (χ1v) is 7.84. The van der Waals surface area contributed by atoms with Crippen molar-refractivity contribution in [1.82, 2.24) is 0 Å². The lowest BCUT2D eigenvalue weighted by molar-refractivity contribution is -0.164. The van der Waals surface area contributed by atoms with Crippen LogP contribution in [-0.2, 0) is 9.59 Å². The largest absolute Gasteiger partial charge is 0.481 e. The smallest absolute Gasteiger partial charge is 0.309 e. The summed E-state index contributed by atoms with van der Waals surface area (Å²) in [5.41, 5.74) is 0.783. The van der Waals surface area contributed by atoms with Crippen molar-refractivity contribution in [2.24, 2.45) is 22.7 Å². The highest BCUT2D eigenvalue weighted by atomic mass is 16.4. The molecule has 4 atom stereocenters. The molecule has 0 radical (unpaired) electrons. The van der Waals surface area contributed by atoms with Gasteiger partial charge in [0.05, 0.1) is 5.41 Å². The average Bonchev–Trinajstić information content (AvgIpc) is 2.37. The highest BCUT2D eigenvalue weighted by Gasteiger charge is 2.57. The molecule has 0 aromatic rings. The third-order valence-electron chi connectivity index (χ3n) is 6.46. The molecule has 0 bridgehead atoms. The van der Waals surface area contributed by atoms with Gasteiger partial charge < -0.3 is 5.11 Å². The number of carboxylic acid groups (broad SMARTS) is 1. The molecule has 0 aliphatic heterocycles. The Morgan fingerprint density at radius 1 is 1.25 bits per heavy atom. The molecule has 0 spiro atoms. The Balaban J connectivity index is 2.01. The van der Waals surface area contributed by atoms with Gasteiger partial charge in [-0.15, -0.1) is 0 Å². The molecule has 2 fully saturated rings. The number of carbonyl (C=O) groups excluding carboxylic acids is 1. The normalized spacial score (nSPS) is 44.3. The molecular weight excluding hydrogens is 252 g/mol. The Morgan fingerprint density at radius 3 is 2.70 bits per heavy atom. The van der Waals surface area contributed by atoms with E-state index < -0.39 is 11.4 Å². The van der Waals surface area contributed by atoms with Crippen LogP contribution in [0.25, 0.3) is 0 Å². The van der Waals surface area contributed by atoms with Crippen molar-refractivity contribution in [3.05, 3.63) is 11.6 Å².